The van der Waals surface area contributed by atoms with E-state index < -0.39 is 13.0 Å². The van der Waals surface area contributed by atoms with Gasteiger partial charge in [-0.3, -0.25) is 4.74 Å². The van der Waals surface area contributed by atoms with Crippen LogP contribution in [0, 0.1) is 5.92 Å². The molecule has 0 saturated heterocycles. The van der Waals surface area contributed by atoms with Gasteiger partial charge in [-0.25, -0.2) is 4.98 Å². The number of ether oxygens (including phenoxy) is 3. The average molecular weight is 391 g/mol. The Balaban J connectivity index is 1.83. The quantitative estimate of drug-likeness (QED) is 0.749. The van der Waals surface area contributed by atoms with Gasteiger partial charge in [0.05, 0.1) is 26.4 Å². The first-order chi connectivity index (χ1) is 12.3. The number of hydrogen-bond donors (Lipinski definition) is 0. The fraction of sp³-hybridized carbons (Fsp3) is 0.467. The number of methoxy groups -OCH3 is 2. The lowest BCUT2D eigenvalue weighted by molar-refractivity contribution is -0.326. The SMILES string of the molecule is COc1ncc(-c2cc([C@@H]3C[C@H]3COC(F)(F)F)c(Cl)nn2)c(OC)n1. The Morgan fingerprint density at radius 1 is 1.23 bits per heavy atom. The number of rotatable bonds is 6. The van der Waals surface area contributed by atoms with Gasteiger partial charge in [0.15, 0.2) is 5.15 Å². The molecule has 3 rings (SSSR count). The van der Waals surface area contributed by atoms with Crippen LogP contribution in [0.25, 0.3) is 11.3 Å². The van der Waals surface area contributed by atoms with Gasteiger partial charge < -0.3 is 9.47 Å². The summed E-state index contributed by atoms with van der Waals surface area (Å²) in [4.78, 5) is 8.08. The maximum atomic E-state index is 12.2. The third kappa shape index (κ3) is 4.13. The van der Waals surface area contributed by atoms with Crippen molar-refractivity contribution in [1.82, 2.24) is 20.2 Å². The summed E-state index contributed by atoms with van der Waals surface area (Å²) >= 11 is 6.08. The molecule has 0 aliphatic heterocycles. The molecule has 1 saturated carbocycles. The molecule has 2 aromatic rings. The highest BCUT2D eigenvalue weighted by Crippen LogP contribution is 2.50. The molecule has 1 fully saturated rings. The maximum absolute atomic E-state index is 12.2. The minimum absolute atomic E-state index is 0.124. The summed E-state index contributed by atoms with van der Waals surface area (Å²) in [7, 11) is 2.85. The van der Waals surface area contributed by atoms with E-state index in [0.29, 0.717) is 23.2 Å². The molecular weight excluding hydrogens is 377 g/mol. The lowest BCUT2D eigenvalue weighted by atomic mass is 10.1. The molecule has 0 unspecified atom stereocenters. The molecule has 0 amide bonds. The average Bonchev–Trinajstić information content (AvgIpc) is 3.39. The summed E-state index contributed by atoms with van der Waals surface area (Å²) < 4.78 is 50.6. The normalized spacial score (nSPS) is 19.3. The van der Waals surface area contributed by atoms with Crippen LogP contribution >= 0.6 is 11.6 Å². The summed E-state index contributed by atoms with van der Waals surface area (Å²) in [5, 5.41) is 8.03. The van der Waals surface area contributed by atoms with Crippen molar-refractivity contribution in [2.75, 3.05) is 20.8 Å². The number of hydrogen-bond acceptors (Lipinski definition) is 7. The van der Waals surface area contributed by atoms with Crippen molar-refractivity contribution in [2.24, 2.45) is 5.92 Å². The van der Waals surface area contributed by atoms with Crippen LogP contribution in [0.3, 0.4) is 0 Å². The Bertz CT molecular complexity index is 806. The topological polar surface area (TPSA) is 79.2 Å². The Morgan fingerprint density at radius 3 is 2.65 bits per heavy atom. The molecule has 1 aliphatic rings. The Morgan fingerprint density at radius 2 is 2.00 bits per heavy atom. The predicted molar refractivity (Wildman–Crippen MR) is 84.0 cm³/mol. The smallest absolute Gasteiger partial charge is 0.480 e. The lowest BCUT2D eigenvalue weighted by Gasteiger charge is -2.10. The minimum Gasteiger partial charge on any atom is -0.480 e. The molecule has 2 heterocycles. The van der Waals surface area contributed by atoms with Gasteiger partial charge in [-0.2, -0.15) is 4.98 Å². The van der Waals surface area contributed by atoms with Crippen molar-refractivity contribution in [3.05, 3.63) is 23.0 Å². The largest absolute Gasteiger partial charge is 0.522 e. The fourth-order valence-electron chi connectivity index (χ4n) is 2.58. The molecule has 2 aromatic heterocycles. The van der Waals surface area contributed by atoms with E-state index in [2.05, 4.69) is 24.9 Å². The molecule has 0 N–H and O–H groups in total. The van der Waals surface area contributed by atoms with Crippen LogP contribution in [-0.4, -0.2) is 47.4 Å². The van der Waals surface area contributed by atoms with E-state index in [0.717, 1.165) is 0 Å². The van der Waals surface area contributed by atoms with E-state index in [4.69, 9.17) is 21.1 Å². The number of aromatic nitrogens is 4. The van der Waals surface area contributed by atoms with Crippen molar-refractivity contribution < 1.29 is 27.4 Å². The molecule has 2 atom stereocenters. The summed E-state index contributed by atoms with van der Waals surface area (Å²) in [5.41, 5.74) is 1.46. The molecule has 7 nitrogen and oxygen atoms in total. The van der Waals surface area contributed by atoms with Crippen molar-refractivity contribution in [1.29, 1.82) is 0 Å². The zero-order chi connectivity index (χ0) is 18.9. The van der Waals surface area contributed by atoms with Gasteiger partial charge in [-0.1, -0.05) is 11.6 Å². The third-order valence-corrected chi connectivity index (χ3v) is 4.24. The van der Waals surface area contributed by atoms with Gasteiger partial charge in [0, 0.05) is 6.20 Å². The molecule has 0 bridgehead atoms. The second kappa shape index (κ2) is 7.20. The van der Waals surface area contributed by atoms with Crippen LogP contribution in [0.4, 0.5) is 13.2 Å². The highest BCUT2D eigenvalue weighted by Gasteiger charge is 2.43. The Kier molecular flexibility index (Phi) is 5.15. The summed E-state index contributed by atoms with van der Waals surface area (Å²) in [6, 6.07) is 1.78. The first-order valence-electron chi connectivity index (χ1n) is 7.51. The van der Waals surface area contributed by atoms with Gasteiger partial charge in [-0.05, 0) is 29.9 Å². The monoisotopic (exact) mass is 390 g/mol. The van der Waals surface area contributed by atoms with Crippen molar-refractivity contribution in [3.8, 4) is 23.1 Å². The van der Waals surface area contributed by atoms with Crippen molar-refractivity contribution in [2.45, 2.75) is 18.7 Å². The van der Waals surface area contributed by atoms with Gasteiger partial charge >= 0.3 is 12.4 Å². The molecule has 140 valence electrons. The van der Waals surface area contributed by atoms with Gasteiger partial charge in [-0.15, -0.1) is 23.4 Å². The molecule has 0 spiro atoms. The molecule has 0 radical (unpaired) electrons. The summed E-state index contributed by atoms with van der Waals surface area (Å²) in [6.45, 7) is -0.420. The summed E-state index contributed by atoms with van der Waals surface area (Å²) in [5.74, 6) is -0.225. The zero-order valence-electron chi connectivity index (χ0n) is 13.7. The lowest BCUT2D eigenvalue weighted by Crippen LogP contribution is -2.15. The fourth-order valence-corrected chi connectivity index (χ4v) is 2.81. The van der Waals surface area contributed by atoms with Gasteiger partial charge in [0.2, 0.25) is 5.88 Å². The van der Waals surface area contributed by atoms with Crippen LogP contribution in [0.5, 0.6) is 11.9 Å². The van der Waals surface area contributed by atoms with Crippen LogP contribution in [-0.2, 0) is 4.74 Å². The summed E-state index contributed by atoms with van der Waals surface area (Å²) in [6.07, 6.45) is -2.66. The van der Waals surface area contributed by atoms with Crippen LogP contribution in [0.15, 0.2) is 12.3 Å². The molecule has 1 aliphatic carbocycles. The van der Waals surface area contributed by atoms with Crippen molar-refractivity contribution in [3.63, 3.8) is 0 Å². The molecule has 11 heteroatoms. The van der Waals surface area contributed by atoms with E-state index in [1.54, 1.807) is 6.07 Å². The third-order valence-electron chi connectivity index (χ3n) is 3.94. The molecule has 26 heavy (non-hydrogen) atoms. The van der Waals surface area contributed by atoms with E-state index in [9.17, 15) is 13.2 Å². The number of alkyl halides is 3. The van der Waals surface area contributed by atoms with Gasteiger partial charge in [0.25, 0.3) is 0 Å². The van der Waals surface area contributed by atoms with E-state index in [1.165, 1.54) is 20.4 Å². The maximum Gasteiger partial charge on any atom is 0.522 e. The first-order valence-corrected chi connectivity index (χ1v) is 7.89. The first kappa shape index (κ1) is 18.6. The van der Waals surface area contributed by atoms with E-state index in [-0.39, 0.29) is 28.9 Å². The Hall–Kier alpha value is -2.20. The second-order valence-corrected chi connectivity index (χ2v) is 5.97. The highest BCUT2D eigenvalue weighted by molar-refractivity contribution is 6.30. The highest BCUT2D eigenvalue weighted by atomic mass is 35.5. The van der Waals surface area contributed by atoms with Crippen LogP contribution in [0.1, 0.15) is 17.9 Å². The Labute approximate surface area is 151 Å². The van der Waals surface area contributed by atoms with E-state index in [1.807, 2.05) is 0 Å². The van der Waals surface area contributed by atoms with E-state index >= 15 is 0 Å². The van der Waals surface area contributed by atoms with Crippen molar-refractivity contribution >= 4 is 11.6 Å². The molecule has 0 aromatic carbocycles. The zero-order valence-corrected chi connectivity index (χ0v) is 14.5. The number of nitrogens with zero attached hydrogens (tertiary/aromatic N) is 4. The minimum atomic E-state index is -4.65. The predicted octanol–water partition coefficient (Wildman–Crippen LogP) is 3.24. The number of halogens is 4. The molecular formula is C15H14ClF3N4O3. The van der Waals surface area contributed by atoms with Gasteiger partial charge in [0.1, 0.15) is 5.69 Å². The van der Waals surface area contributed by atoms with Crippen LogP contribution < -0.4 is 9.47 Å². The standard InChI is InChI=1S/C15H14ClF3N4O3/c1-24-13-10(5-20-14(21-13)25-2)11-4-9(12(16)23-22-11)8-3-7(8)6-26-15(17,18)19/h4-5,7-8H,3,6H2,1-2H3/t7-,8+/m0/s1. The second-order valence-electron chi connectivity index (χ2n) is 5.61. The van der Waals surface area contributed by atoms with Crippen LogP contribution in [0.2, 0.25) is 5.15 Å².